The van der Waals surface area contributed by atoms with Crippen molar-refractivity contribution in [3.63, 3.8) is 0 Å². The summed E-state index contributed by atoms with van der Waals surface area (Å²) in [5, 5.41) is 0. The van der Waals surface area contributed by atoms with Crippen LogP contribution in [0.3, 0.4) is 0 Å². The van der Waals surface area contributed by atoms with Crippen LogP contribution >= 0.6 is 9.58 Å². The van der Waals surface area contributed by atoms with Crippen LogP contribution in [0, 0.1) is 0 Å². The lowest BCUT2D eigenvalue weighted by Crippen LogP contribution is -2.21. The second-order valence-electron chi connectivity index (χ2n) is 2.80. The lowest BCUT2D eigenvalue weighted by atomic mass is 10.4. The quantitative estimate of drug-likeness (QED) is 0.646. The molecule has 0 amide bonds. The molecule has 0 aromatic heterocycles. The standard InChI is InChI=1S/C8H16N2S/c1-4-9-11(2,3)10-7-5-6-8-10/h4,9H,1-3,5-8H2. The van der Waals surface area contributed by atoms with Crippen LogP contribution in [-0.4, -0.2) is 29.1 Å². The molecule has 0 aliphatic carbocycles. The van der Waals surface area contributed by atoms with Gasteiger partial charge in [-0.3, -0.25) is 0 Å². The Bertz CT molecular complexity index is 222. The van der Waals surface area contributed by atoms with E-state index in [-0.39, 0.29) is 0 Å². The first kappa shape index (κ1) is 8.68. The van der Waals surface area contributed by atoms with Crippen LogP contribution in [0.1, 0.15) is 12.8 Å². The molecule has 11 heavy (non-hydrogen) atoms. The largest absolute Gasteiger partial charge is 0.338 e. The maximum absolute atomic E-state index is 4.06. The Kier molecular flexibility index (Phi) is 2.62. The van der Waals surface area contributed by atoms with Gasteiger partial charge in [-0.25, -0.2) is 4.31 Å². The summed E-state index contributed by atoms with van der Waals surface area (Å²) < 4.78 is 5.43. The molecular formula is C8H16N2S. The van der Waals surface area contributed by atoms with Crippen molar-refractivity contribution < 1.29 is 0 Å². The van der Waals surface area contributed by atoms with Gasteiger partial charge < -0.3 is 4.72 Å². The minimum Gasteiger partial charge on any atom is -0.338 e. The number of hydrogen-bond donors (Lipinski definition) is 1. The van der Waals surface area contributed by atoms with E-state index in [9.17, 15) is 0 Å². The van der Waals surface area contributed by atoms with Gasteiger partial charge in [0.1, 0.15) is 0 Å². The van der Waals surface area contributed by atoms with Crippen LogP contribution in [0.4, 0.5) is 0 Å². The second-order valence-corrected chi connectivity index (χ2v) is 5.24. The first-order valence-electron chi connectivity index (χ1n) is 3.79. The first-order valence-corrected chi connectivity index (χ1v) is 5.72. The van der Waals surface area contributed by atoms with Gasteiger partial charge in [0.2, 0.25) is 0 Å². The fraction of sp³-hybridized carbons (Fsp3) is 0.500. The molecule has 3 heteroatoms. The summed E-state index contributed by atoms with van der Waals surface area (Å²) in [4.78, 5) is 0. The van der Waals surface area contributed by atoms with Crippen molar-refractivity contribution in [1.82, 2.24) is 9.03 Å². The van der Waals surface area contributed by atoms with Gasteiger partial charge in [0.05, 0.1) is 0 Å². The molecule has 1 aliphatic rings. The van der Waals surface area contributed by atoms with Crippen molar-refractivity contribution in [3.8, 4) is 0 Å². The third kappa shape index (κ3) is 2.01. The molecule has 64 valence electrons. The summed E-state index contributed by atoms with van der Waals surface area (Å²) in [6, 6.07) is 0. The maximum Gasteiger partial charge on any atom is 0.00952 e. The summed E-state index contributed by atoms with van der Waals surface area (Å²) in [7, 11) is -1.24. The van der Waals surface area contributed by atoms with E-state index in [2.05, 4.69) is 27.3 Å². The molecule has 0 atom stereocenters. The van der Waals surface area contributed by atoms with Crippen molar-refractivity contribution >= 4 is 21.3 Å². The SMILES string of the molecule is C=CNS(=C)(=C)N1CCCC1. The zero-order chi connectivity index (χ0) is 8.32. The van der Waals surface area contributed by atoms with Crippen LogP contribution in [-0.2, 0) is 0 Å². The molecule has 0 aromatic carbocycles. The summed E-state index contributed by atoms with van der Waals surface area (Å²) in [5.74, 6) is 8.12. The van der Waals surface area contributed by atoms with E-state index in [1.54, 1.807) is 6.20 Å². The average molecular weight is 172 g/mol. The highest BCUT2D eigenvalue weighted by Crippen LogP contribution is 2.25. The molecule has 0 bridgehead atoms. The smallest absolute Gasteiger partial charge is 0.00952 e. The Morgan fingerprint density at radius 1 is 1.27 bits per heavy atom. The molecule has 2 nitrogen and oxygen atoms in total. The summed E-state index contributed by atoms with van der Waals surface area (Å²) in [6.45, 7) is 5.88. The Labute approximate surface area is 69.6 Å². The van der Waals surface area contributed by atoms with Gasteiger partial charge in [0, 0.05) is 19.3 Å². The van der Waals surface area contributed by atoms with Crippen LogP contribution in [0.15, 0.2) is 12.8 Å². The number of nitrogens with zero attached hydrogens (tertiary/aromatic N) is 1. The van der Waals surface area contributed by atoms with E-state index in [4.69, 9.17) is 0 Å². The molecule has 1 saturated heterocycles. The van der Waals surface area contributed by atoms with E-state index in [1.807, 2.05) is 0 Å². The maximum atomic E-state index is 4.06. The number of rotatable bonds is 3. The van der Waals surface area contributed by atoms with Crippen LogP contribution < -0.4 is 4.72 Å². The highest BCUT2D eigenvalue weighted by Gasteiger charge is 2.14. The molecule has 1 N–H and O–H groups in total. The monoisotopic (exact) mass is 172 g/mol. The van der Waals surface area contributed by atoms with Gasteiger partial charge in [-0.2, -0.15) is 0 Å². The Balaban J connectivity index is 2.63. The summed E-state index contributed by atoms with van der Waals surface area (Å²) in [6.07, 6.45) is 4.24. The normalized spacial score (nSPS) is 20.0. The van der Waals surface area contributed by atoms with Crippen LogP contribution in [0.25, 0.3) is 0 Å². The molecule has 0 saturated carbocycles. The minimum absolute atomic E-state index is 1.13. The van der Waals surface area contributed by atoms with Crippen LogP contribution in [0.5, 0.6) is 0 Å². The molecule has 0 radical (unpaired) electrons. The lowest BCUT2D eigenvalue weighted by molar-refractivity contribution is 0.580. The van der Waals surface area contributed by atoms with Gasteiger partial charge >= 0.3 is 0 Å². The highest BCUT2D eigenvalue weighted by molar-refractivity contribution is 8.24. The zero-order valence-electron chi connectivity index (χ0n) is 6.88. The summed E-state index contributed by atoms with van der Waals surface area (Å²) in [5.41, 5.74) is 0. The highest BCUT2D eigenvalue weighted by atomic mass is 32.2. The molecule has 0 aromatic rings. The second kappa shape index (κ2) is 3.32. The zero-order valence-corrected chi connectivity index (χ0v) is 7.70. The van der Waals surface area contributed by atoms with Gasteiger partial charge in [-0.05, 0) is 24.6 Å². The Hall–Kier alpha value is -0.410. The number of nitrogens with one attached hydrogen (secondary N) is 1. The third-order valence-electron chi connectivity index (χ3n) is 1.86. The van der Waals surface area contributed by atoms with Gasteiger partial charge in [-0.1, -0.05) is 16.2 Å². The topological polar surface area (TPSA) is 15.3 Å². The molecule has 0 spiro atoms. The number of hydrogen-bond acceptors (Lipinski definition) is 2. The van der Waals surface area contributed by atoms with E-state index < -0.39 is 9.58 Å². The van der Waals surface area contributed by atoms with Gasteiger partial charge in [-0.15, -0.1) is 0 Å². The van der Waals surface area contributed by atoms with E-state index in [0.29, 0.717) is 0 Å². The Morgan fingerprint density at radius 3 is 2.27 bits per heavy atom. The minimum atomic E-state index is -1.24. The molecule has 0 unspecified atom stereocenters. The molecular weight excluding hydrogens is 156 g/mol. The third-order valence-corrected chi connectivity index (χ3v) is 3.82. The van der Waals surface area contributed by atoms with Crippen molar-refractivity contribution in [2.24, 2.45) is 0 Å². The fourth-order valence-corrected chi connectivity index (χ4v) is 2.68. The van der Waals surface area contributed by atoms with E-state index in [0.717, 1.165) is 13.1 Å². The van der Waals surface area contributed by atoms with Crippen LogP contribution in [0.2, 0.25) is 0 Å². The summed E-state index contributed by atoms with van der Waals surface area (Å²) >= 11 is 0. The molecule has 1 aliphatic heterocycles. The lowest BCUT2D eigenvalue weighted by Gasteiger charge is -2.25. The van der Waals surface area contributed by atoms with E-state index in [1.165, 1.54) is 12.8 Å². The van der Waals surface area contributed by atoms with Crippen molar-refractivity contribution in [1.29, 1.82) is 0 Å². The molecule has 1 fully saturated rings. The van der Waals surface area contributed by atoms with Gasteiger partial charge in [0.25, 0.3) is 0 Å². The average Bonchev–Trinajstić information content (AvgIpc) is 2.37. The van der Waals surface area contributed by atoms with Crippen molar-refractivity contribution in [3.05, 3.63) is 12.8 Å². The molecule has 1 heterocycles. The van der Waals surface area contributed by atoms with Crippen molar-refractivity contribution in [2.75, 3.05) is 13.1 Å². The molecule has 1 rings (SSSR count). The first-order chi connectivity index (χ1) is 5.17. The van der Waals surface area contributed by atoms with Gasteiger partial charge in [0.15, 0.2) is 0 Å². The predicted octanol–water partition coefficient (Wildman–Crippen LogP) is 1.31. The Morgan fingerprint density at radius 2 is 1.82 bits per heavy atom. The fourth-order valence-electron chi connectivity index (χ4n) is 1.27. The van der Waals surface area contributed by atoms with E-state index >= 15 is 0 Å². The van der Waals surface area contributed by atoms with Crippen molar-refractivity contribution in [2.45, 2.75) is 12.8 Å². The predicted molar refractivity (Wildman–Crippen MR) is 56.0 cm³/mol.